The molecule has 7 nitrogen and oxygen atoms in total. The second-order valence-electron chi connectivity index (χ2n) is 6.53. The minimum Gasteiger partial charge on any atom is -0.387 e. The highest BCUT2D eigenvalue weighted by Crippen LogP contribution is 2.22. The van der Waals surface area contributed by atoms with Gasteiger partial charge in [0.1, 0.15) is 5.65 Å². The molecule has 0 bridgehead atoms. The SMILES string of the molecule is CC(=N)/C(=C\NC1CCN(C)CC1)c1cc2cc(NC=O)cnc2[nH]1. The lowest BCUT2D eigenvalue weighted by atomic mass is 10.0. The van der Waals surface area contributed by atoms with E-state index in [2.05, 4.69) is 32.5 Å². The van der Waals surface area contributed by atoms with Gasteiger partial charge in [0.25, 0.3) is 0 Å². The van der Waals surface area contributed by atoms with Crippen LogP contribution in [0.5, 0.6) is 0 Å². The first-order chi connectivity index (χ1) is 12.1. The molecule has 1 aliphatic heterocycles. The van der Waals surface area contributed by atoms with E-state index < -0.39 is 0 Å². The van der Waals surface area contributed by atoms with E-state index in [0.29, 0.717) is 23.9 Å². The molecule has 7 heteroatoms. The maximum Gasteiger partial charge on any atom is 0.211 e. The quantitative estimate of drug-likeness (QED) is 0.479. The maximum absolute atomic E-state index is 10.6. The molecule has 25 heavy (non-hydrogen) atoms. The summed E-state index contributed by atoms with van der Waals surface area (Å²) in [6.07, 6.45) is 6.38. The third kappa shape index (κ3) is 4.06. The van der Waals surface area contributed by atoms with Crippen LogP contribution in [0.2, 0.25) is 0 Å². The monoisotopic (exact) mass is 340 g/mol. The van der Waals surface area contributed by atoms with Crippen LogP contribution in [-0.2, 0) is 4.79 Å². The van der Waals surface area contributed by atoms with Gasteiger partial charge in [0.15, 0.2) is 0 Å². The van der Waals surface area contributed by atoms with Gasteiger partial charge in [0.05, 0.1) is 17.6 Å². The van der Waals surface area contributed by atoms with Crippen molar-refractivity contribution in [1.29, 1.82) is 5.41 Å². The fraction of sp³-hybridized carbons (Fsp3) is 0.389. The van der Waals surface area contributed by atoms with Crippen molar-refractivity contribution in [2.24, 2.45) is 0 Å². The molecule has 1 fully saturated rings. The van der Waals surface area contributed by atoms with E-state index in [1.807, 2.05) is 18.3 Å². The van der Waals surface area contributed by atoms with Crippen molar-refractivity contribution in [3.8, 4) is 0 Å². The van der Waals surface area contributed by atoms with Crippen LogP contribution in [0, 0.1) is 5.41 Å². The van der Waals surface area contributed by atoms with Gasteiger partial charge in [-0.3, -0.25) is 4.79 Å². The Morgan fingerprint density at radius 3 is 2.84 bits per heavy atom. The number of aromatic amines is 1. The van der Waals surface area contributed by atoms with Crippen LogP contribution in [-0.4, -0.2) is 53.2 Å². The minimum atomic E-state index is 0.441. The normalized spacial score (nSPS) is 16.8. The number of amides is 1. The van der Waals surface area contributed by atoms with Gasteiger partial charge in [-0.2, -0.15) is 0 Å². The molecule has 1 aliphatic rings. The summed E-state index contributed by atoms with van der Waals surface area (Å²) < 4.78 is 0. The molecule has 1 saturated heterocycles. The molecule has 0 aliphatic carbocycles. The van der Waals surface area contributed by atoms with Crippen LogP contribution >= 0.6 is 0 Å². The zero-order chi connectivity index (χ0) is 17.8. The highest BCUT2D eigenvalue weighted by atomic mass is 16.1. The zero-order valence-corrected chi connectivity index (χ0v) is 14.6. The van der Waals surface area contributed by atoms with Crippen molar-refractivity contribution < 1.29 is 4.79 Å². The largest absolute Gasteiger partial charge is 0.387 e. The van der Waals surface area contributed by atoms with Crippen molar-refractivity contribution in [2.45, 2.75) is 25.8 Å². The third-order valence-corrected chi connectivity index (χ3v) is 4.57. The number of aromatic nitrogens is 2. The number of allylic oxidation sites excluding steroid dienone is 1. The van der Waals surface area contributed by atoms with Gasteiger partial charge in [-0.05, 0) is 52.0 Å². The number of piperidine rings is 1. The first-order valence-electron chi connectivity index (χ1n) is 8.46. The van der Waals surface area contributed by atoms with E-state index in [1.54, 1.807) is 13.1 Å². The first-order valence-corrected chi connectivity index (χ1v) is 8.46. The second kappa shape index (κ2) is 7.48. The molecule has 0 radical (unpaired) electrons. The average Bonchev–Trinajstić information content (AvgIpc) is 2.99. The molecule has 2 aromatic rings. The van der Waals surface area contributed by atoms with E-state index in [4.69, 9.17) is 5.41 Å². The van der Waals surface area contributed by atoms with Gasteiger partial charge in [-0.25, -0.2) is 4.98 Å². The average molecular weight is 340 g/mol. The minimum absolute atomic E-state index is 0.441. The summed E-state index contributed by atoms with van der Waals surface area (Å²) >= 11 is 0. The van der Waals surface area contributed by atoms with Crippen molar-refractivity contribution in [1.82, 2.24) is 20.2 Å². The Labute approximate surface area is 147 Å². The van der Waals surface area contributed by atoms with Gasteiger partial charge in [-0.1, -0.05) is 0 Å². The zero-order valence-electron chi connectivity index (χ0n) is 14.6. The molecule has 1 amide bonds. The number of hydrogen-bond acceptors (Lipinski definition) is 5. The summed E-state index contributed by atoms with van der Waals surface area (Å²) in [5.41, 5.74) is 3.53. The molecule has 0 aromatic carbocycles. The number of nitrogens with one attached hydrogen (secondary N) is 4. The van der Waals surface area contributed by atoms with Gasteiger partial charge in [-0.15, -0.1) is 0 Å². The topological polar surface area (TPSA) is 96.9 Å². The molecule has 132 valence electrons. The summed E-state index contributed by atoms with van der Waals surface area (Å²) in [7, 11) is 2.14. The summed E-state index contributed by atoms with van der Waals surface area (Å²) in [4.78, 5) is 20.5. The summed E-state index contributed by atoms with van der Waals surface area (Å²) in [6, 6.07) is 4.26. The molecule has 2 aromatic heterocycles. The molecule has 4 N–H and O–H groups in total. The molecule has 0 spiro atoms. The van der Waals surface area contributed by atoms with Crippen molar-refractivity contribution in [3.05, 3.63) is 30.2 Å². The molecule has 0 unspecified atom stereocenters. The van der Waals surface area contributed by atoms with Crippen molar-refractivity contribution in [3.63, 3.8) is 0 Å². The molecule has 3 rings (SSSR count). The molecular formula is C18H24N6O. The number of carbonyl (C=O) groups is 1. The Kier molecular flexibility index (Phi) is 5.14. The molecule has 0 saturated carbocycles. The highest BCUT2D eigenvalue weighted by molar-refractivity contribution is 6.21. The number of fused-ring (bicyclic) bond motifs is 1. The Morgan fingerprint density at radius 2 is 2.16 bits per heavy atom. The maximum atomic E-state index is 10.6. The number of rotatable bonds is 6. The number of pyridine rings is 1. The smallest absolute Gasteiger partial charge is 0.211 e. The van der Waals surface area contributed by atoms with Crippen LogP contribution < -0.4 is 10.6 Å². The highest BCUT2D eigenvalue weighted by Gasteiger charge is 2.16. The van der Waals surface area contributed by atoms with E-state index in [1.165, 1.54) is 0 Å². The Hall–Kier alpha value is -2.67. The van der Waals surface area contributed by atoms with Gasteiger partial charge < -0.3 is 25.9 Å². The number of likely N-dealkylation sites (tertiary alicyclic amines) is 1. The van der Waals surface area contributed by atoms with Crippen LogP contribution in [0.15, 0.2) is 24.5 Å². The predicted molar refractivity (Wildman–Crippen MR) is 101 cm³/mol. The van der Waals surface area contributed by atoms with Crippen LogP contribution in [0.3, 0.4) is 0 Å². The lowest BCUT2D eigenvalue weighted by Gasteiger charge is -2.29. The van der Waals surface area contributed by atoms with Crippen LogP contribution in [0.25, 0.3) is 16.6 Å². The summed E-state index contributed by atoms with van der Waals surface area (Å²) in [5, 5.41) is 15.1. The number of hydrogen-bond donors (Lipinski definition) is 4. The van der Waals surface area contributed by atoms with Crippen LogP contribution in [0.1, 0.15) is 25.5 Å². The number of anilines is 1. The molecular weight excluding hydrogens is 316 g/mol. The van der Waals surface area contributed by atoms with Gasteiger partial charge >= 0.3 is 0 Å². The fourth-order valence-corrected chi connectivity index (χ4v) is 3.07. The standard InChI is InChI=1S/C18H24N6O/c1-12(19)16(10-20-14-3-5-24(2)6-4-14)17-8-13-7-15(22-11-25)9-21-18(13)23-17/h7-11,14,19-20H,3-6H2,1-2H3,(H,21,23)(H,22,25)/b16-10+,19-12?. The predicted octanol–water partition coefficient (Wildman–Crippen LogP) is 2.20. The number of carbonyl (C=O) groups excluding carboxylic acids is 1. The molecule has 0 atom stereocenters. The Balaban J connectivity index is 1.82. The number of H-pyrrole nitrogens is 1. The van der Waals surface area contributed by atoms with Crippen molar-refractivity contribution >= 4 is 34.4 Å². The second-order valence-corrected chi connectivity index (χ2v) is 6.53. The van der Waals surface area contributed by atoms with E-state index >= 15 is 0 Å². The Morgan fingerprint density at radius 1 is 1.40 bits per heavy atom. The fourth-order valence-electron chi connectivity index (χ4n) is 3.07. The van der Waals surface area contributed by atoms with Crippen LogP contribution in [0.4, 0.5) is 5.69 Å². The van der Waals surface area contributed by atoms with Crippen molar-refractivity contribution in [2.75, 3.05) is 25.5 Å². The van der Waals surface area contributed by atoms with E-state index in [0.717, 1.165) is 48.2 Å². The van der Waals surface area contributed by atoms with Gasteiger partial charge in [0.2, 0.25) is 6.41 Å². The first kappa shape index (κ1) is 17.2. The van der Waals surface area contributed by atoms with E-state index in [9.17, 15) is 4.79 Å². The summed E-state index contributed by atoms with van der Waals surface area (Å²) in [6.45, 7) is 3.96. The lowest BCUT2D eigenvalue weighted by Crippen LogP contribution is -2.39. The summed E-state index contributed by atoms with van der Waals surface area (Å²) in [5.74, 6) is 0. The Bertz CT molecular complexity index is 801. The lowest BCUT2D eigenvalue weighted by molar-refractivity contribution is -0.105. The number of nitrogens with zero attached hydrogens (tertiary/aromatic N) is 2. The molecule has 3 heterocycles. The van der Waals surface area contributed by atoms with E-state index in [-0.39, 0.29) is 0 Å². The van der Waals surface area contributed by atoms with Gasteiger partial charge in [0, 0.05) is 28.9 Å². The third-order valence-electron chi connectivity index (χ3n) is 4.57.